The SMILES string of the molecule is CC/C=C\C/C=C\C/C=C\C/C=C\C/C=C\C/C=C\CCCCCCCCC(=O)NC(CO)C(O)/C=C/CC/C=C/CC/C=C/CCCC. The fourth-order valence-corrected chi connectivity index (χ4v) is 4.96. The minimum atomic E-state index is -0.882. The van der Waals surface area contributed by atoms with Crippen LogP contribution in [-0.2, 0) is 4.79 Å². The lowest BCUT2D eigenvalue weighted by atomic mass is 10.1. The maximum Gasteiger partial charge on any atom is 0.220 e. The molecule has 2 atom stereocenters. The molecule has 1 amide bonds. The minimum Gasteiger partial charge on any atom is -0.394 e. The first-order valence-electron chi connectivity index (χ1n) is 19.6. The maximum absolute atomic E-state index is 12.3. The van der Waals surface area contributed by atoms with E-state index in [0.29, 0.717) is 6.42 Å². The molecule has 0 aliphatic rings. The first-order valence-corrected chi connectivity index (χ1v) is 19.6. The van der Waals surface area contributed by atoms with Crippen molar-refractivity contribution in [3.05, 3.63) is 109 Å². The Kier molecular flexibility index (Phi) is 37.1. The Bertz CT molecular complexity index is 995. The molecule has 0 heterocycles. The summed E-state index contributed by atoms with van der Waals surface area (Å²) in [4.78, 5) is 12.3. The standard InChI is InChI=1S/C45H73NO3/c1-3-5-7-9-11-13-15-17-18-19-20-21-22-23-24-25-26-27-28-29-31-33-35-37-39-41-45(49)46-43(42-47)44(48)40-38-36-34-32-30-16-14-12-10-8-6-4-2/h5,7,10-13,17-18,20-21,23-24,26-27,30,32,38,40,43-44,47-48H,3-4,6,8-9,14-16,19,22,25,28-29,31,33-37,39,41-42H2,1-2H3,(H,46,49)/b7-5-,12-10+,13-11-,18-17-,21-20-,24-23-,27-26-,32-30+,40-38+. The van der Waals surface area contributed by atoms with Crippen LogP contribution in [0.25, 0.3) is 0 Å². The molecule has 0 bridgehead atoms. The van der Waals surface area contributed by atoms with Gasteiger partial charge < -0.3 is 15.5 Å². The summed E-state index contributed by atoms with van der Waals surface area (Å²) in [7, 11) is 0. The van der Waals surface area contributed by atoms with Crippen molar-refractivity contribution in [1.29, 1.82) is 0 Å². The normalized spacial score (nSPS) is 14.3. The van der Waals surface area contributed by atoms with Crippen molar-refractivity contribution < 1.29 is 15.0 Å². The van der Waals surface area contributed by atoms with E-state index in [-0.39, 0.29) is 12.5 Å². The summed E-state index contributed by atoms with van der Waals surface area (Å²) in [5.74, 6) is -0.101. The third-order valence-corrected chi connectivity index (χ3v) is 7.97. The average Bonchev–Trinajstić information content (AvgIpc) is 3.10. The number of aliphatic hydroxyl groups excluding tert-OH is 2. The van der Waals surface area contributed by atoms with Gasteiger partial charge >= 0.3 is 0 Å². The van der Waals surface area contributed by atoms with Gasteiger partial charge in [0.15, 0.2) is 0 Å². The molecular weight excluding hydrogens is 602 g/mol. The van der Waals surface area contributed by atoms with E-state index in [1.807, 2.05) is 6.08 Å². The van der Waals surface area contributed by atoms with E-state index in [0.717, 1.165) is 89.9 Å². The number of aliphatic hydroxyl groups is 2. The summed E-state index contributed by atoms with van der Waals surface area (Å²) in [6, 6.07) is -0.659. The van der Waals surface area contributed by atoms with Crippen molar-refractivity contribution in [3.8, 4) is 0 Å². The van der Waals surface area contributed by atoms with Crippen LogP contribution in [-0.4, -0.2) is 34.9 Å². The van der Waals surface area contributed by atoms with Crippen molar-refractivity contribution in [2.45, 2.75) is 161 Å². The maximum atomic E-state index is 12.3. The zero-order valence-electron chi connectivity index (χ0n) is 31.4. The summed E-state index contributed by atoms with van der Waals surface area (Å²) in [5.41, 5.74) is 0. The minimum absolute atomic E-state index is 0.101. The number of amides is 1. The second-order valence-electron chi connectivity index (χ2n) is 12.6. The molecule has 0 rings (SSSR count). The molecule has 0 fully saturated rings. The van der Waals surface area contributed by atoms with Crippen LogP contribution in [0, 0.1) is 0 Å². The van der Waals surface area contributed by atoms with E-state index in [4.69, 9.17) is 0 Å². The second kappa shape index (κ2) is 39.5. The molecule has 2 unspecified atom stereocenters. The first kappa shape index (κ1) is 46.1. The number of carbonyl (C=O) groups excluding carboxylic acids is 1. The van der Waals surface area contributed by atoms with Crippen LogP contribution in [0.3, 0.4) is 0 Å². The van der Waals surface area contributed by atoms with Crippen molar-refractivity contribution in [2.24, 2.45) is 0 Å². The van der Waals surface area contributed by atoms with E-state index in [2.05, 4.69) is 116 Å². The molecule has 0 aliphatic heterocycles. The van der Waals surface area contributed by atoms with Crippen LogP contribution in [0.4, 0.5) is 0 Å². The van der Waals surface area contributed by atoms with Crippen LogP contribution in [0.5, 0.6) is 0 Å². The van der Waals surface area contributed by atoms with Gasteiger partial charge in [0.05, 0.1) is 18.8 Å². The van der Waals surface area contributed by atoms with Gasteiger partial charge in [-0.2, -0.15) is 0 Å². The Morgan fingerprint density at radius 1 is 0.510 bits per heavy atom. The van der Waals surface area contributed by atoms with Gasteiger partial charge in [0.2, 0.25) is 5.91 Å². The van der Waals surface area contributed by atoms with Crippen molar-refractivity contribution in [2.75, 3.05) is 6.61 Å². The molecule has 0 aromatic rings. The smallest absolute Gasteiger partial charge is 0.220 e. The molecule has 0 saturated heterocycles. The quantitative estimate of drug-likeness (QED) is 0.0479. The molecule has 276 valence electrons. The monoisotopic (exact) mass is 676 g/mol. The first-order chi connectivity index (χ1) is 24.2. The molecule has 49 heavy (non-hydrogen) atoms. The molecule has 3 N–H and O–H groups in total. The van der Waals surface area contributed by atoms with E-state index in [1.54, 1.807) is 6.08 Å². The highest BCUT2D eigenvalue weighted by atomic mass is 16.3. The Hall–Kier alpha value is -2.95. The topological polar surface area (TPSA) is 69.6 Å². The van der Waals surface area contributed by atoms with E-state index in [9.17, 15) is 15.0 Å². The zero-order chi connectivity index (χ0) is 35.7. The average molecular weight is 676 g/mol. The molecule has 0 saturated carbocycles. The molecule has 0 aromatic carbocycles. The van der Waals surface area contributed by atoms with Crippen LogP contribution < -0.4 is 5.32 Å². The number of carbonyl (C=O) groups is 1. The number of hydrogen-bond acceptors (Lipinski definition) is 3. The van der Waals surface area contributed by atoms with Crippen molar-refractivity contribution in [3.63, 3.8) is 0 Å². The molecule has 0 spiro atoms. The van der Waals surface area contributed by atoms with E-state index >= 15 is 0 Å². The molecule has 4 nitrogen and oxygen atoms in total. The van der Waals surface area contributed by atoms with Crippen molar-refractivity contribution >= 4 is 5.91 Å². The van der Waals surface area contributed by atoms with E-state index in [1.165, 1.54) is 38.5 Å². The number of rotatable bonds is 33. The summed E-state index contributed by atoms with van der Waals surface area (Å²) >= 11 is 0. The Morgan fingerprint density at radius 2 is 0.918 bits per heavy atom. The number of unbranched alkanes of at least 4 members (excludes halogenated alkanes) is 10. The van der Waals surface area contributed by atoms with Gasteiger partial charge in [0.25, 0.3) is 0 Å². The largest absolute Gasteiger partial charge is 0.394 e. The lowest BCUT2D eigenvalue weighted by Crippen LogP contribution is -2.45. The fourth-order valence-electron chi connectivity index (χ4n) is 4.96. The predicted molar refractivity (Wildman–Crippen MR) is 216 cm³/mol. The molecule has 4 heteroatoms. The highest BCUT2D eigenvalue weighted by molar-refractivity contribution is 5.76. The Balaban J connectivity index is 3.74. The lowest BCUT2D eigenvalue weighted by molar-refractivity contribution is -0.123. The van der Waals surface area contributed by atoms with Crippen LogP contribution in [0.2, 0.25) is 0 Å². The molecule has 0 aliphatic carbocycles. The summed E-state index contributed by atoms with van der Waals surface area (Å²) in [6.45, 7) is 4.09. The van der Waals surface area contributed by atoms with E-state index < -0.39 is 12.1 Å². The zero-order valence-corrected chi connectivity index (χ0v) is 31.4. The van der Waals surface area contributed by atoms with Crippen LogP contribution in [0.1, 0.15) is 149 Å². The van der Waals surface area contributed by atoms with Gasteiger partial charge in [-0.1, -0.05) is 162 Å². The van der Waals surface area contributed by atoms with Crippen molar-refractivity contribution in [1.82, 2.24) is 5.32 Å². The second-order valence-corrected chi connectivity index (χ2v) is 12.6. The predicted octanol–water partition coefficient (Wildman–Crippen LogP) is 12.1. The highest BCUT2D eigenvalue weighted by Gasteiger charge is 2.17. The summed E-state index contributed by atoms with van der Waals surface area (Å²) in [6.07, 6.45) is 60.3. The lowest BCUT2D eigenvalue weighted by Gasteiger charge is -2.19. The van der Waals surface area contributed by atoms with Gasteiger partial charge in [-0.05, 0) is 89.9 Å². The van der Waals surface area contributed by atoms with Gasteiger partial charge in [0, 0.05) is 6.42 Å². The molecule has 0 aromatic heterocycles. The Labute approximate surface area is 302 Å². The fraction of sp³-hybridized carbons (Fsp3) is 0.578. The third kappa shape index (κ3) is 36.2. The van der Waals surface area contributed by atoms with Gasteiger partial charge in [-0.15, -0.1) is 0 Å². The number of hydrogen-bond donors (Lipinski definition) is 3. The summed E-state index contributed by atoms with van der Waals surface area (Å²) < 4.78 is 0. The summed E-state index contributed by atoms with van der Waals surface area (Å²) in [5, 5.41) is 22.8. The third-order valence-electron chi connectivity index (χ3n) is 7.97. The van der Waals surface area contributed by atoms with Gasteiger partial charge in [0.1, 0.15) is 0 Å². The van der Waals surface area contributed by atoms with Gasteiger partial charge in [-0.3, -0.25) is 4.79 Å². The van der Waals surface area contributed by atoms with Crippen LogP contribution >= 0.6 is 0 Å². The number of nitrogens with one attached hydrogen (secondary N) is 1. The molecular formula is C45H73NO3. The van der Waals surface area contributed by atoms with Crippen LogP contribution in [0.15, 0.2) is 109 Å². The Morgan fingerprint density at radius 3 is 1.43 bits per heavy atom. The van der Waals surface area contributed by atoms with Gasteiger partial charge in [-0.25, -0.2) is 0 Å². The molecule has 0 radical (unpaired) electrons. The number of allylic oxidation sites excluding steroid dienone is 17. The highest BCUT2D eigenvalue weighted by Crippen LogP contribution is 2.10.